The lowest BCUT2D eigenvalue weighted by Gasteiger charge is -2.30. The van der Waals surface area contributed by atoms with E-state index in [0.29, 0.717) is 0 Å². The van der Waals surface area contributed by atoms with Crippen LogP contribution in [0.2, 0.25) is 10.0 Å². The number of halogens is 2. The van der Waals surface area contributed by atoms with Crippen LogP contribution < -0.4 is 5.32 Å². The van der Waals surface area contributed by atoms with Crippen LogP contribution in [0.15, 0.2) is 54.6 Å². The van der Waals surface area contributed by atoms with Crippen LogP contribution >= 0.6 is 23.2 Å². The van der Waals surface area contributed by atoms with E-state index in [1.165, 1.54) is 5.56 Å². The lowest BCUT2D eigenvalue weighted by atomic mass is 9.82. The third-order valence-electron chi connectivity index (χ3n) is 3.46. The van der Waals surface area contributed by atoms with Crippen LogP contribution in [0.5, 0.6) is 0 Å². The van der Waals surface area contributed by atoms with Crippen molar-refractivity contribution in [1.29, 1.82) is 0 Å². The average Bonchev–Trinajstić information content (AvgIpc) is 2.40. The van der Waals surface area contributed by atoms with Crippen molar-refractivity contribution in [2.45, 2.75) is 5.92 Å². The van der Waals surface area contributed by atoms with Crippen LogP contribution in [-0.2, 0) is 0 Å². The molecule has 2 aromatic rings. The number of nitrogens with one attached hydrogen (secondary N) is 1. The summed E-state index contributed by atoms with van der Waals surface area (Å²) in [7, 11) is 0. The Morgan fingerprint density at radius 2 is 1.84 bits per heavy atom. The minimum Gasteiger partial charge on any atom is -0.381 e. The Bertz CT molecular complexity index is 649. The fourth-order valence-electron chi connectivity index (χ4n) is 2.56. The number of rotatable bonds is 1. The second-order valence-corrected chi connectivity index (χ2v) is 5.54. The average molecular weight is 290 g/mol. The number of benzene rings is 2. The summed E-state index contributed by atoms with van der Waals surface area (Å²) in [6.45, 7) is 4.92. The van der Waals surface area contributed by atoms with E-state index in [4.69, 9.17) is 23.2 Å². The van der Waals surface area contributed by atoms with Crippen molar-refractivity contribution in [2.24, 2.45) is 0 Å². The molecule has 0 radical (unpaired) electrons. The molecule has 0 saturated carbocycles. The van der Waals surface area contributed by atoms with Crippen molar-refractivity contribution in [2.75, 3.05) is 11.9 Å². The summed E-state index contributed by atoms with van der Waals surface area (Å²) in [4.78, 5) is 0. The highest BCUT2D eigenvalue weighted by Crippen LogP contribution is 2.42. The Kier molecular flexibility index (Phi) is 3.26. The minimum absolute atomic E-state index is 0.127. The van der Waals surface area contributed by atoms with Crippen LogP contribution in [0.25, 0.3) is 0 Å². The quantitative estimate of drug-likeness (QED) is 0.720. The zero-order chi connectivity index (χ0) is 13.4. The molecule has 3 heteroatoms. The van der Waals surface area contributed by atoms with E-state index < -0.39 is 0 Å². The van der Waals surface area contributed by atoms with Crippen molar-refractivity contribution in [3.8, 4) is 0 Å². The van der Waals surface area contributed by atoms with E-state index in [0.717, 1.165) is 33.4 Å². The lowest BCUT2D eigenvalue weighted by molar-refractivity contribution is 0.893. The van der Waals surface area contributed by atoms with Gasteiger partial charge in [0.05, 0.1) is 0 Å². The molecular weight excluding hydrogens is 277 g/mol. The van der Waals surface area contributed by atoms with Crippen molar-refractivity contribution in [3.63, 3.8) is 0 Å². The van der Waals surface area contributed by atoms with E-state index >= 15 is 0 Å². The molecule has 1 atom stereocenters. The summed E-state index contributed by atoms with van der Waals surface area (Å²) < 4.78 is 0. The molecule has 0 aromatic heterocycles. The van der Waals surface area contributed by atoms with E-state index in [1.807, 2.05) is 36.4 Å². The Balaban J connectivity index is 2.17. The second kappa shape index (κ2) is 4.92. The predicted octanol–water partition coefficient (Wildman–Crippen LogP) is 5.11. The molecule has 2 aromatic carbocycles. The summed E-state index contributed by atoms with van der Waals surface area (Å²) >= 11 is 12.4. The summed E-state index contributed by atoms with van der Waals surface area (Å²) in [6.07, 6.45) is 0. The Hall–Kier alpha value is -1.44. The maximum Gasteiger partial charge on any atom is 0.0447 e. The molecule has 0 spiro atoms. The maximum absolute atomic E-state index is 6.33. The van der Waals surface area contributed by atoms with Crippen molar-refractivity contribution in [1.82, 2.24) is 0 Å². The summed E-state index contributed by atoms with van der Waals surface area (Å²) in [5, 5.41) is 4.85. The van der Waals surface area contributed by atoms with E-state index in [1.54, 1.807) is 0 Å². The molecular formula is C16H13Cl2N. The van der Waals surface area contributed by atoms with Gasteiger partial charge in [0.2, 0.25) is 0 Å². The van der Waals surface area contributed by atoms with Crippen LogP contribution in [0.1, 0.15) is 17.0 Å². The smallest absolute Gasteiger partial charge is 0.0447 e. The minimum atomic E-state index is 0.127. The molecule has 1 aliphatic heterocycles. The van der Waals surface area contributed by atoms with Gasteiger partial charge in [-0.15, -0.1) is 0 Å². The zero-order valence-electron chi connectivity index (χ0n) is 10.3. The molecule has 1 N–H and O–H groups in total. The molecule has 0 aliphatic carbocycles. The highest BCUT2D eigenvalue weighted by atomic mass is 35.5. The topological polar surface area (TPSA) is 12.0 Å². The summed E-state index contributed by atoms with van der Waals surface area (Å²) in [6, 6.07) is 13.8. The molecule has 3 rings (SSSR count). The number of hydrogen-bond donors (Lipinski definition) is 1. The van der Waals surface area contributed by atoms with Gasteiger partial charge in [0.25, 0.3) is 0 Å². The zero-order valence-corrected chi connectivity index (χ0v) is 11.8. The number of hydrogen-bond acceptors (Lipinski definition) is 1. The van der Waals surface area contributed by atoms with Gasteiger partial charge in [-0.3, -0.25) is 0 Å². The highest BCUT2D eigenvalue weighted by Gasteiger charge is 2.26. The van der Waals surface area contributed by atoms with E-state index in [-0.39, 0.29) is 5.92 Å². The molecule has 0 bridgehead atoms. The Morgan fingerprint density at radius 3 is 2.63 bits per heavy atom. The SMILES string of the molecule is C=C1CNc2cc(Cl)ccc2C1c1ccccc1Cl. The molecule has 0 amide bonds. The first kappa shape index (κ1) is 12.6. The fraction of sp³-hybridized carbons (Fsp3) is 0.125. The second-order valence-electron chi connectivity index (χ2n) is 4.70. The van der Waals surface area contributed by atoms with Gasteiger partial charge in [0.15, 0.2) is 0 Å². The molecule has 1 aliphatic rings. The monoisotopic (exact) mass is 289 g/mol. The first-order valence-electron chi connectivity index (χ1n) is 6.12. The van der Waals surface area contributed by atoms with Gasteiger partial charge in [-0.1, -0.05) is 54.0 Å². The van der Waals surface area contributed by atoms with E-state index in [9.17, 15) is 0 Å². The van der Waals surface area contributed by atoms with Crippen LogP contribution in [0.4, 0.5) is 5.69 Å². The third kappa shape index (κ3) is 2.24. The van der Waals surface area contributed by atoms with Crippen molar-refractivity contribution >= 4 is 28.9 Å². The molecule has 0 saturated heterocycles. The van der Waals surface area contributed by atoms with Gasteiger partial charge in [-0.25, -0.2) is 0 Å². The predicted molar refractivity (Wildman–Crippen MR) is 82.4 cm³/mol. The first-order chi connectivity index (χ1) is 9.16. The number of fused-ring (bicyclic) bond motifs is 1. The molecule has 1 heterocycles. The van der Waals surface area contributed by atoms with Crippen LogP contribution in [0.3, 0.4) is 0 Å². The Morgan fingerprint density at radius 1 is 1.05 bits per heavy atom. The maximum atomic E-state index is 6.33. The number of anilines is 1. The van der Waals surface area contributed by atoms with Crippen molar-refractivity contribution in [3.05, 3.63) is 75.8 Å². The molecule has 0 fully saturated rings. The molecule has 1 nitrogen and oxygen atoms in total. The summed E-state index contributed by atoms with van der Waals surface area (Å²) in [5.74, 6) is 0.127. The van der Waals surface area contributed by atoms with Gasteiger partial charge in [0, 0.05) is 28.2 Å². The van der Waals surface area contributed by atoms with Gasteiger partial charge < -0.3 is 5.32 Å². The normalized spacial score (nSPS) is 17.8. The van der Waals surface area contributed by atoms with Gasteiger partial charge in [-0.2, -0.15) is 0 Å². The highest BCUT2D eigenvalue weighted by molar-refractivity contribution is 6.31. The standard InChI is InChI=1S/C16H13Cl2N/c1-10-9-19-15-8-11(17)6-7-13(15)16(10)12-4-2-3-5-14(12)18/h2-8,16,19H,1,9H2. The fourth-order valence-corrected chi connectivity index (χ4v) is 2.98. The van der Waals surface area contributed by atoms with Gasteiger partial charge >= 0.3 is 0 Å². The Labute approximate surface area is 122 Å². The van der Waals surface area contributed by atoms with E-state index in [2.05, 4.69) is 18.0 Å². The molecule has 1 unspecified atom stereocenters. The van der Waals surface area contributed by atoms with Gasteiger partial charge in [0.1, 0.15) is 0 Å². The first-order valence-corrected chi connectivity index (χ1v) is 6.88. The largest absolute Gasteiger partial charge is 0.381 e. The van der Waals surface area contributed by atoms with Crippen LogP contribution in [0, 0.1) is 0 Å². The summed E-state index contributed by atoms with van der Waals surface area (Å²) in [5.41, 5.74) is 4.45. The van der Waals surface area contributed by atoms with Crippen LogP contribution in [-0.4, -0.2) is 6.54 Å². The molecule has 19 heavy (non-hydrogen) atoms. The van der Waals surface area contributed by atoms with Crippen molar-refractivity contribution < 1.29 is 0 Å². The molecule has 96 valence electrons. The van der Waals surface area contributed by atoms with Gasteiger partial charge in [-0.05, 0) is 34.9 Å². The third-order valence-corrected chi connectivity index (χ3v) is 4.04. The lowest BCUT2D eigenvalue weighted by Crippen LogP contribution is -2.20.